The third kappa shape index (κ3) is 7.83. The van der Waals surface area contributed by atoms with Gasteiger partial charge in [-0.2, -0.15) is 8.78 Å². The van der Waals surface area contributed by atoms with Crippen LogP contribution in [0.1, 0.15) is 87.2 Å². The van der Waals surface area contributed by atoms with Crippen molar-refractivity contribution in [3.63, 3.8) is 0 Å². The molecule has 3 aromatic carbocycles. The molecular formula is C35H37F7O3. The van der Waals surface area contributed by atoms with Gasteiger partial charge in [0.2, 0.25) is 0 Å². The molecule has 1 heterocycles. The highest BCUT2D eigenvalue weighted by atomic mass is 19.3. The number of hydrogen-bond donors (Lipinski definition) is 0. The lowest BCUT2D eigenvalue weighted by Gasteiger charge is -2.34. The highest BCUT2D eigenvalue weighted by Crippen LogP contribution is 2.44. The van der Waals surface area contributed by atoms with Gasteiger partial charge >= 0.3 is 6.11 Å². The number of benzene rings is 3. The molecule has 244 valence electrons. The van der Waals surface area contributed by atoms with E-state index in [0.29, 0.717) is 43.1 Å². The first-order chi connectivity index (χ1) is 21.6. The molecule has 0 amide bonds. The standard InChI is InChI=1S/C35H37F7O3/c1-2-3-4-5-21-19-43-34(44-20-21)23-8-12-27(30(37)14-23)22-6-9-25(10-7-22)35(41,42)45-26-11-13-28(33(40)17-26)24-15-31(38)29(18-36)32(39)16-24/h8,11-17,21-22,25,34H,2-7,9-10,18-20H2,1H3. The van der Waals surface area contributed by atoms with E-state index in [4.69, 9.17) is 14.2 Å². The van der Waals surface area contributed by atoms with Gasteiger partial charge in [-0.25, -0.2) is 22.0 Å². The van der Waals surface area contributed by atoms with Gasteiger partial charge in [0.15, 0.2) is 6.29 Å². The summed E-state index contributed by atoms with van der Waals surface area (Å²) in [7, 11) is 0. The lowest BCUT2D eigenvalue weighted by Crippen LogP contribution is -2.37. The largest absolute Gasteiger partial charge is 0.432 e. The second-order valence-electron chi connectivity index (χ2n) is 12.0. The van der Waals surface area contributed by atoms with Crippen molar-refractivity contribution in [1.29, 1.82) is 0 Å². The molecule has 1 aliphatic carbocycles. The summed E-state index contributed by atoms with van der Waals surface area (Å²) in [6.07, 6.45) is 0.963. The fourth-order valence-corrected chi connectivity index (χ4v) is 6.27. The molecule has 2 fully saturated rings. The van der Waals surface area contributed by atoms with Gasteiger partial charge in [-0.3, -0.25) is 0 Å². The molecule has 3 aromatic rings. The van der Waals surface area contributed by atoms with E-state index in [-0.39, 0.29) is 29.9 Å². The minimum absolute atomic E-state index is 0.0627. The maximum Gasteiger partial charge on any atom is 0.400 e. The van der Waals surface area contributed by atoms with E-state index in [1.54, 1.807) is 12.1 Å². The van der Waals surface area contributed by atoms with Gasteiger partial charge in [0.05, 0.1) is 24.7 Å². The van der Waals surface area contributed by atoms with E-state index in [0.717, 1.165) is 49.6 Å². The van der Waals surface area contributed by atoms with Crippen LogP contribution in [0.25, 0.3) is 11.1 Å². The molecule has 5 rings (SSSR count). The Morgan fingerprint density at radius 1 is 0.800 bits per heavy atom. The number of halogens is 7. The van der Waals surface area contributed by atoms with E-state index in [1.165, 1.54) is 12.5 Å². The summed E-state index contributed by atoms with van der Waals surface area (Å²) in [5, 5.41) is 0. The Morgan fingerprint density at radius 2 is 1.49 bits per heavy atom. The van der Waals surface area contributed by atoms with Crippen LogP contribution in [0.5, 0.6) is 5.75 Å². The maximum absolute atomic E-state index is 15.2. The van der Waals surface area contributed by atoms with Crippen LogP contribution >= 0.6 is 0 Å². The molecule has 0 spiro atoms. The van der Waals surface area contributed by atoms with Crippen LogP contribution in [-0.4, -0.2) is 19.3 Å². The Bertz CT molecular complexity index is 1420. The Balaban J connectivity index is 1.16. The van der Waals surface area contributed by atoms with E-state index in [1.807, 2.05) is 0 Å². The lowest BCUT2D eigenvalue weighted by atomic mass is 9.78. The van der Waals surface area contributed by atoms with Crippen molar-refractivity contribution in [3.05, 3.63) is 88.5 Å². The zero-order chi connectivity index (χ0) is 32.1. The molecule has 1 saturated heterocycles. The van der Waals surface area contributed by atoms with Crippen LogP contribution in [0.15, 0.2) is 48.5 Å². The Kier molecular flexibility index (Phi) is 10.7. The first-order valence-corrected chi connectivity index (χ1v) is 15.5. The van der Waals surface area contributed by atoms with Crippen LogP contribution < -0.4 is 4.74 Å². The van der Waals surface area contributed by atoms with E-state index < -0.39 is 59.6 Å². The zero-order valence-electron chi connectivity index (χ0n) is 25.1. The molecule has 1 saturated carbocycles. The number of unbranched alkanes of at least 4 members (excludes halogenated alkanes) is 2. The Morgan fingerprint density at radius 3 is 2.09 bits per heavy atom. The van der Waals surface area contributed by atoms with Crippen molar-refractivity contribution in [2.45, 2.75) is 83.3 Å². The van der Waals surface area contributed by atoms with E-state index in [2.05, 4.69) is 6.92 Å². The van der Waals surface area contributed by atoms with Crippen LogP contribution in [0.4, 0.5) is 30.7 Å². The van der Waals surface area contributed by atoms with Crippen LogP contribution in [-0.2, 0) is 16.1 Å². The van der Waals surface area contributed by atoms with Crippen molar-refractivity contribution in [2.24, 2.45) is 11.8 Å². The van der Waals surface area contributed by atoms with Crippen molar-refractivity contribution >= 4 is 0 Å². The van der Waals surface area contributed by atoms with Gasteiger partial charge in [0.25, 0.3) is 0 Å². The first-order valence-electron chi connectivity index (χ1n) is 15.5. The molecule has 0 unspecified atom stereocenters. The molecule has 0 radical (unpaired) electrons. The molecule has 3 nitrogen and oxygen atoms in total. The number of alkyl halides is 3. The number of rotatable bonds is 11. The molecule has 10 heteroatoms. The van der Waals surface area contributed by atoms with E-state index >= 15 is 13.2 Å². The SMILES string of the molecule is CCCCCC1COC(c2ccc(C3CCC(C(F)(F)Oc4ccc(-c5cc(F)c(CF)c(F)c5)c(F)c4)CC3)c(F)c2)OC1. The fraction of sp³-hybridized carbons (Fsp3) is 0.486. The lowest BCUT2D eigenvalue weighted by molar-refractivity contribution is -0.222. The van der Waals surface area contributed by atoms with Crippen LogP contribution in [0.3, 0.4) is 0 Å². The van der Waals surface area contributed by atoms with Gasteiger partial charge in [-0.05, 0) is 79.5 Å². The molecule has 2 aliphatic rings. The summed E-state index contributed by atoms with van der Waals surface area (Å²) in [6, 6.07) is 9.28. The van der Waals surface area contributed by atoms with Crippen molar-refractivity contribution < 1.29 is 44.9 Å². The van der Waals surface area contributed by atoms with Gasteiger partial charge in [-0.1, -0.05) is 38.3 Å². The predicted octanol–water partition coefficient (Wildman–Crippen LogP) is 10.6. The highest BCUT2D eigenvalue weighted by molar-refractivity contribution is 5.65. The van der Waals surface area contributed by atoms with Crippen molar-refractivity contribution in [1.82, 2.24) is 0 Å². The van der Waals surface area contributed by atoms with Gasteiger partial charge < -0.3 is 14.2 Å². The van der Waals surface area contributed by atoms with Crippen LogP contribution in [0.2, 0.25) is 0 Å². The second-order valence-corrected chi connectivity index (χ2v) is 12.0. The fourth-order valence-electron chi connectivity index (χ4n) is 6.27. The minimum atomic E-state index is -3.63. The monoisotopic (exact) mass is 638 g/mol. The summed E-state index contributed by atoms with van der Waals surface area (Å²) in [6.45, 7) is 1.91. The topological polar surface area (TPSA) is 27.7 Å². The first kappa shape index (κ1) is 33.3. The van der Waals surface area contributed by atoms with Crippen molar-refractivity contribution in [2.75, 3.05) is 13.2 Å². The number of ether oxygens (including phenoxy) is 3. The average molecular weight is 639 g/mol. The molecule has 45 heavy (non-hydrogen) atoms. The van der Waals surface area contributed by atoms with Gasteiger partial charge in [0, 0.05) is 23.1 Å². The van der Waals surface area contributed by atoms with Gasteiger partial charge in [0.1, 0.15) is 35.7 Å². The van der Waals surface area contributed by atoms with E-state index in [9.17, 15) is 17.6 Å². The molecule has 0 N–H and O–H groups in total. The summed E-state index contributed by atoms with van der Waals surface area (Å²) in [4.78, 5) is 0. The van der Waals surface area contributed by atoms with Gasteiger partial charge in [-0.15, -0.1) is 0 Å². The Labute approximate surface area is 258 Å². The highest BCUT2D eigenvalue weighted by Gasteiger charge is 2.44. The maximum atomic E-state index is 15.2. The Hall–Kier alpha value is -3.11. The predicted molar refractivity (Wildman–Crippen MR) is 156 cm³/mol. The summed E-state index contributed by atoms with van der Waals surface area (Å²) < 4.78 is 118. The smallest absolute Gasteiger partial charge is 0.400 e. The molecular weight excluding hydrogens is 601 g/mol. The normalized spacial score (nSPS) is 22.4. The summed E-state index contributed by atoms with van der Waals surface area (Å²) in [5.74, 6) is -5.36. The number of hydrogen-bond acceptors (Lipinski definition) is 3. The molecule has 1 aliphatic heterocycles. The summed E-state index contributed by atoms with van der Waals surface area (Å²) in [5.41, 5.74) is -0.192. The average Bonchev–Trinajstić information content (AvgIpc) is 3.01. The second kappa shape index (κ2) is 14.5. The summed E-state index contributed by atoms with van der Waals surface area (Å²) >= 11 is 0. The third-order valence-corrected chi connectivity index (χ3v) is 8.90. The van der Waals surface area contributed by atoms with Crippen molar-refractivity contribution in [3.8, 4) is 16.9 Å². The molecule has 0 aromatic heterocycles. The molecule has 0 atom stereocenters. The van der Waals surface area contributed by atoms with Crippen LogP contribution in [0, 0.1) is 35.1 Å². The quantitative estimate of drug-likeness (QED) is 0.155. The third-order valence-electron chi connectivity index (χ3n) is 8.90. The minimum Gasteiger partial charge on any atom is -0.432 e. The zero-order valence-corrected chi connectivity index (χ0v) is 25.1. The molecule has 0 bridgehead atoms.